The van der Waals surface area contributed by atoms with Crippen molar-refractivity contribution < 1.29 is 57.9 Å². The van der Waals surface area contributed by atoms with Gasteiger partial charge in [-0.1, -0.05) is 0 Å². The fraction of sp³-hybridized carbons (Fsp3) is 0. The average molecular weight is 258 g/mol. The quantitative estimate of drug-likeness (QED) is 0.315. The molecular weight excluding hydrogens is 252 g/mol. The normalized spacial score (nSPS) is 7.91. The Bertz CT molecular complexity index is 54.6. The SMILES string of the molecule is O=[PH2][O-].O=[PH2][O-].O=[PH2][O-].[Ca+2].[Na+]. The summed E-state index contributed by atoms with van der Waals surface area (Å²) in [4.78, 5) is 25.4. The maximum absolute atomic E-state index is 8.46. The minimum absolute atomic E-state index is 0. The van der Waals surface area contributed by atoms with Gasteiger partial charge in [-0.3, -0.25) is 0 Å². The van der Waals surface area contributed by atoms with E-state index >= 15 is 0 Å². The van der Waals surface area contributed by atoms with E-state index in [2.05, 4.69) is 0 Å². The van der Waals surface area contributed by atoms with Crippen LogP contribution < -0.4 is 44.2 Å². The van der Waals surface area contributed by atoms with Gasteiger partial charge in [0.1, 0.15) is 0 Å². The molecule has 0 spiro atoms. The summed E-state index contributed by atoms with van der Waals surface area (Å²) in [5.74, 6) is 0. The van der Waals surface area contributed by atoms with Crippen LogP contribution in [0.25, 0.3) is 0 Å². The first kappa shape index (κ1) is 29.2. The second-order valence-corrected chi connectivity index (χ2v) is 0.866. The summed E-state index contributed by atoms with van der Waals surface area (Å²) >= 11 is 0. The zero-order valence-corrected chi connectivity index (χ0v) is 13.6. The smallest absolute Gasteiger partial charge is 0.804 e. The third kappa shape index (κ3) is 188. The van der Waals surface area contributed by atoms with Gasteiger partial charge in [-0.05, 0) is 26.1 Å². The first-order valence-electron chi connectivity index (χ1n) is 1.41. The molecule has 3 atom stereocenters. The van der Waals surface area contributed by atoms with Gasteiger partial charge in [0.15, 0.2) is 0 Å². The fourth-order valence-electron chi connectivity index (χ4n) is 0. The molecule has 0 aromatic carbocycles. The van der Waals surface area contributed by atoms with E-state index in [-0.39, 0.29) is 67.3 Å². The maximum atomic E-state index is 8.46. The van der Waals surface area contributed by atoms with Crippen LogP contribution in [-0.2, 0) is 13.7 Å². The topological polar surface area (TPSA) is 120 Å². The van der Waals surface area contributed by atoms with Crippen molar-refractivity contribution in [3.05, 3.63) is 0 Å². The number of rotatable bonds is 0. The van der Waals surface area contributed by atoms with Crippen molar-refractivity contribution in [3.8, 4) is 0 Å². The predicted octanol–water partition coefficient (Wildman–Crippen LogP) is -6.32. The Balaban J connectivity index is -0.0000000150. The zero-order valence-electron chi connectivity index (χ0n) is 5.89. The van der Waals surface area contributed by atoms with E-state index in [1.165, 1.54) is 0 Å². The minimum atomic E-state index is -1.75. The van der Waals surface area contributed by atoms with Gasteiger partial charge in [0.2, 0.25) is 0 Å². The summed E-state index contributed by atoms with van der Waals surface area (Å²) in [6.45, 7) is 0. The molecule has 3 unspecified atom stereocenters. The summed E-state index contributed by atoms with van der Waals surface area (Å²) in [5, 5.41) is 0. The van der Waals surface area contributed by atoms with Crippen molar-refractivity contribution in [2.24, 2.45) is 0 Å². The average Bonchev–Trinajstić information content (AvgIpc) is 1.70. The molecule has 6 nitrogen and oxygen atoms in total. The third-order valence-corrected chi connectivity index (χ3v) is 0. The largest absolute Gasteiger partial charge is 2.00 e. The summed E-state index contributed by atoms with van der Waals surface area (Å²) in [5.41, 5.74) is 0. The van der Waals surface area contributed by atoms with Crippen molar-refractivity contribution in [1.82, 2.24) is 0 Å². The third-order valence-electron chi connectivity index (χ3n) is 0. The Morgan fingerprint density at radius 1 is 0.727 bits per heavy atom. The van der Waals surface area contributed by atoms with Gasteiger partial charge < -0.3 is 28.4 Å². The van der Waals surface area contributed by atoms with E-state index in [1.54, 1.807) is 0 Å². The number of hydrogen-bond acceptors (Lipinski definition) is 6. The Labute approximate surface area is 120 Å². The van der Waals surface area contributed by atoms with Gasteiger partial charge in [0.05, 0.1) is 0 Å². The van der Waals surface area contributed by atoms with Gasteiger partial charge in [-0.15, -0.1) is 0 Å². The van der Waals surface area contributed by atoms with Crippen LogP contribution in [-0.4, -0.2) is 37.7 Å². The zero-order chi connectivity index (χ0) is 8.12. The Kier molecular flexibility index (Phi) is 140. The molecule has 0 heterocycles. The molecule has 0 aliphatic heterocycles. The van der Waals surface area contributed by atoms with Crippen LogP contribution >= 0.6 is 26.1 Å². The van der Waals surface area contributed by atoms with Crippen molar-refractivity contribution >= 4 is 63.8 Å². The van der Waals surface area contributed by atoms with E-state index in [4.69, 9.17) is 28.4 Å². The first-order valence-corrected chi connectivity index (χ1v) is 4.24. The van der Waals surface area contributed by atoms with Crippen molar-refractivity contribution in [2.75, 3.05) is 0 Å². The van der Waals surface area contributed by atoms with E-state index in [1.807, 2.05) is 0 Å². The second-order valence-electron chi connectivity index (χ2n) is 0.289. The summed E-state index contributed by atoms with van der Waals surface area (Å²) in [6, 6.07) is 0. The van der Waals surface area contributed by atoms with Crippen LogP contribution in [0.15, 0.2) is 0 Å². The molecule has 11 heavy (non-hydrogen) atoms. The molecule has 11 heteroatoms. The molecule has 60 valence electrons. The molecule has 0 aliphatic rings. The molecule has 0 fully saturated rings. The number of hydrogen-bond donors (Lipinski definition) is 0. The van der Waals surface area contributed by atoms with Crippen LogP contribution in [0.3, 0.4) is 0 Å². The van der Waals surface area contributed by atoms with Gasteiger partial charge in [-0.2, -0.15) is 0 Å². The van der Waals surface area contributed by atoms with E-state index in [0.29, 0.717) is 0 Å². The van der Waals surface area contributed by atoms with Crippen LogP contribution in [0, 0.1) is 0 Å². The molecular formula is H6CaNaO6P3. The van der Waals surface area contributed by atoms with E-state index < -0.39 is 26.1 Å². The summed E-state index contributed by atoms with van der Waals surface area (Å²) < 4.78 is 25.4. The Hall–Kier alpha value is 2.83. The van der Waals surface area contributed by atoms with Crippen LogP contribution in [0.4, 0.5) is 0 Å². The molecule has 0 bridgehead atoms. The molecule has 0 radical (unpaired) electrons. The van der Waals surface area contributed by atoms with Crippen LogP contribution in [0.1, 0.15) is 0 Å². The molecule has 0 saturated carbocycles. The minimum Gasteiger partial charge on any atom is -0.804 e. The fourth-order valence-corrected chi connectivity index (χ4v) is 0. The molecule has 0 saturated heterocycles. The molecule has 0 amide bonds. The molecule has 0 N–H and O–H groups in total. The standard InChI is InChI=1S/Ca.Na.3H3O2P/c;;3*1-3-2/h;;3*3H2,(H,1,2)/q+2;+1;;;/p-3. The van der Waals surface area contributed by atoms with Crippen molar-refractivity contribution in [2.45, 2.75) is 0 Å². The van der Waals surface area contributed by atoms with Gasteiger partial charge in [-0.25, -0.2) is 0 Å². The maximum Gasteiger partial charge on any atom is 2.00 e. The van der Waals surface area contributed by atoms with E-state index in [9.17, 15) is 0 Å². The van der Waals surface area contributed by atoms with Crippen molar-refractivity contribution in [3.63, 3.8) is 0 Å². The van der Waals surface area contributed by atoms with Gasteiger partial charge in [0.25, 0.3) is 0 Å². The van der Waals surface area contributed by atoms with Crippen LogP contribution in [0.2, 0.25) is 0 Å². The second kappa shape index (κ2) is 52.8. The van der Waals surface area contributed by atoms with E-state index in [0.717, 1.165) is 0 Å². The van der Waals surface area contributed by atoms with Gasteiger partial charge in [0, 0.05) is 0 Å². The Morgan fingerprint density at radius 2 is 0.727 bits per heavy atom. The molecule has 0 aromatic heterocycles. The van der Waals surface area contributed by atoms with Crippen LogP contribution in [0.5, 0.6) is 0 Å². The Morgan fingerprint density at radius 3 is 0.727 bits per heavy atom. The monoisotopic (exact) mass is 258 g/mol. The predicted molar refractivity (Wildman–Crippen MR) is 36.9 cm³/mol. The summed E-state index contributed by atoms with van der Waals surface area (Å²) in [6.07, 6.45) is 0. The first-order chi connectivity index (χ1) is 4.24. The van der Waals surface area contributed by atoms with Crippen molar-refractivity contribution in [1.29, 1.82) is 0 Å². The molecule has 0 rings (SSSR count). The van der Waals surface area contributed by atoms with Gasteiger partial charge >= 0.3 is 67.3 Å². The molecule has 0 aromatic rings. The molecule has 0 aliphatic carbocycles. The summed E-state index contributed by atoms with van der Waals surface area (Å²) in [7, 11) is -5.25.